The van der Waals surface area contributed by atoms with Gasteiger partial charge in [-0.2, -0.15) is 5.10 Å². The molecule has 172 valence electrons. The zero-order chi connectivity index (χ0) is 23.0. The van der Waals surface area contributed by atoms with Crippen LogP contribution in [0.3, 0.4) is 0 Å². The molecule has 1 aromatic carbocycles. The van der Waals surface area contributed by atoms with Gasteiger partial charge >= 0.3 is 0 Å². The molecule has 1 atom stereocenters. The molecule has 3 aromatic rings. The van der Waals surface area contributed by atoms with E-state index in [4.69, 9.17) is 0 Å². The maximum absolute atomic E-state index is 14.5. The van der Waals surface area contributed by atoms with Gasteiger partial charge < -0.3 is 10.2 Å². The molecule has 0 spiro atoms. The van der Waals surface area contributed by atoms with Crippen molar-refractivity contribution in [2.24, 2.45) is 0 Å². The van der Waals surface area contributed by atoms with E-state index in [0.29, 0.717) is 17.0 Å². The molecular formula is C25H27FN4O2S. The molecule has 5 rings (SSSR count). The molecule has 1 fully saturated rings. The van der Waals surface area contributed by atoms with Crippen molar-refractivity contribution in [3.63, 3.8) is 0 Å². The molecule has 0 saturated heterocycles. The predicted molar refractivity (Wildman–Crippen MR) is 125 cm³/mol. The van der Waals surface area contributed by atoms with Crippen LogP contribution in [0.5, 0.6) is 0 Å². The Bertz CT molecular complexity index is 1170. The number of fused-ring (bicyclic) bond motifs is 1. The number of rotatable bonds is 5. The van der Waals surface area contributed by atoms with Crippen LogP contribution in [0.1, 0.15) is 55.1 Å². The first kappa shape index (κ1) is 21.8. The van der Waals surface area contributed by atoms with Crippen LogP contribution in [-0.4, -0.2) is 38.1 Å². The van der Waals surface area contributed by atoms with Gasteiger partial charge in [0.2, 0.25) is 5.91 Å². The quantitative estimate of drug-likeness (QED) is 0.597. The van der Waals surface area contributed by atoms with Crippen molar-refractivity contribution in [1.82, 2.24) is 20.0 Å². The predicted octanol–water partition coefficient (Wildman–Crippen LogP) is 4.61. The van der Waals surface area contributed by atoms with E-state index in [1.807, 2.05) is 17.5 Å². The van der Waals surface area contributed by atoms with Gasteiger partial charge in [0.25, 0.3) is 5.91 Å². The Morgan fingerprint density at radius 1 is 1.21 bits per heavy atom. The van der Waals surface area contributed by atoms with Crippen molar-refractivity contribution < 1.29 is 14.0 Å². The average Bonchev–Trinajstić information content (AvgIpc) is 3.48. The number of hydrogen-bond donors (Lipinski definition) is 1. The highest BCUT2D eigenvalue weighted by Crippen LogP contribution is 2.33. The summed E-state index contributed by atoms with van der Waals surface area (Å²) in [7, 11) is 0. The summed E-state index contributed by atoms with van der Waals surface area (Å²) in [4.78, 5) is 29.8. The van der Waals surface area contributed by atoms with E-state index in [1.54, 1.807) is 47.2 Å². The molecule has 2 aliphatic rings. The lowest BCUT2D eigenvalue weighted by molar-refractivity contribution is -0.134. The molecule has 2 amide bonds. The monoisotopic (exact) mass is 466 g/mol. The second kappa shape index (κ2) is 8.74. The Hall–Kier alpha value is -3.00. The van der Waals surface area contributed by atoms with Crippen LogP contribution in [0.4, 0.5) is 4.39 Å². The highest BCUT2D eigenvalue weighted by Gasteiger charge is 2.48. The van der Waals surface area contributed by atoms with E-state index in [2.05, 4.69) is 10.4 Å². The fraction of sp³-hybridized carbons (Fsp3) is 0.400. The van der Waals surface area contributed by atoms with E-state index in [-0.39, 0.29) is 30.9 Å². The lowest BCUT2D eigenvalue weighted by Crippen LogP contribution is -2.64. The standard InChI is InChI=1S/C25H27FN4O2S/c1-25(24(32)27-18-9-3-2-4-10-18)16-30-21(14-20(28-30)22-12-7-13-33-22)23(31)29(25)15-17-8-5-6-11-19(17)26/h5-8,11-14,18H,2-4,9-10,15-16H2,1H3,(H,27,32). The summed E-state index contributed by atoms with van der Waals surface area (Å²) in [5.41, 5.74) is 0.311. The van der Waals surface area contributed by atoms with Crippen LogP contribution in [0, 0.1) is 5.82 Å². The average molecular weight is 467 g/mol. The van der Waals surface area contributed by atoms with Gasteiger partial charge in [-0.15, -0.1) is 11.3 Å². The third-order valence-electron chi connectivity index (χ3n) is 6.79. The third kappa shape index (κ3) is 4.08. The second-order valence-corrected chi connectivity index (χ2v) is 10.1. The summed E-state index contributed by atoms with van der Waals surface area (Å²) in [5.74, 6) is -0.919. The van der Waals surface area contributed by atoms with Crippen LogP contribution in [0.2, 0.25) is 0 Å². The van der Waals surface area contributed by atoms with Crippen LogP contribution in [0.15, 0.2) is 47.8 Å². The topological polar surface area (TPSA) is 67.2 Å². The number of nitrogens with zero attached hydrogens (tertiary/aromatic N) is 3. The molecule has 33 heavy (non-hydrogen) atoms. The van der Waals surface area contributed by atoms with Crippen molar-refractivity contribution in [2.45, 2.75) is 63.7 Å². The van der Waals surface area contributed by atoms with E-state index in [9.17, 15) is 14.0 Å². The first-order chi connectivity index (χ1) is 16.0. The first-order valence-electron chi connectivity index (χ1n) is 11.4. The molecule has 1 aliphatic heterocycles. The van der Waals surface area contributed by atoms with Crippen molar-refractivity contribution in [1.29, 1.82) is 0 Å². The highest BCUT2D eigenvalue weighted by molar-refractivity contribution is 7.13. The van der Waals surface area contributed by atoms with Crippen molar-refractivity contribution in [3.05, 3.63) is 64.9 Å². The van der Waals surface area contributed by atoms with Gasteiger partial charge in [-0.25, -0.2) is 4.39 Å². The van der Waals surface area contributed by atoms with E-state index < -0.39 is 11.4 Å². The molecule has 8 heteroatoms. The minimum atomic E-state index is -1.19. The number of nitrogens with one attached hydrogen (secondary N) is 1. The summed E-state index contributed by atoms with van der Waals surface area (Å²) in [6.07, 6.45) is 5.25. The van der Waals surface area contributed by atoms with Crippen LogP contribution in [0.25, 0.3) is 10.6 Å². The number of benzene rings is 1. The smallest absolute Gasteiger partial charge is 0.273 e. The minimum Gasteiger partial charge on any atom is -0.351 e. The van der Waals surface area contributed by atoms with Crippen LogP contribution >= 0.6 is 11.3 Å². The Balaban J connectivity index is 1.52. The SMILES string of the molecule is CC1(C(=O)NC2CCCCC2)Cn2nc(-c3cccs3)cc2C(=O)N1Cc1ccccc1F. The highest BCUT2D eigenvalue weighted by atomic mass is 32.1. The van der Waals surface area contributed by atoms with Gasteiger partial charge in [0, 0.05) is 11.6 Å². The number of hydrogen-bond acceptors (Lipinski definition) is 4. The Morgan fingerprint density at radius 2 is 2.00 bits per heavy atom. The van der Waals surface area contributed by atoms with E-state index in [1.165, 1.54) is 17.4 Å². The molecule has 3 heterocycles. The second-order valence-electron chi connectivity index (χ2n) is 9.11. The lowest BCUT2D eigenvalue weighted by atomic mass is 9.91. The lowest BCUT2D eigenvalue weighted by Gasteiger charge is -2.44. The summed E-state index contributed by atoms with van der Waals surface area (Å²) < 4.78 is 16.2. The van der Waals surface area contributed by atoms with Crippen LogP contribution in [-0.2, 0) is 17.9 Å². The number of carbonyl (C=O) groups is 2. The minimum absolute atomic E-state index is 0.0135. The molecule has 1 saturated carbocycles. The normalized spacial score (nSPS) is 21.2. The molecule has 1 N–H and O–H groups in total. The molecule has 0 radical (unpaired) electrons. The summed E-state index contributed by atoms with van der Waals surface area (Å²) in [5, 5.41) is 9.79. The van der Waals surface area contributed by atoms with Crippen LogP contribution < -0.4 is 5.32 Å². The molecular weight excluding hydrogens is 439 g/mol. The van der Waals surface area contributed by atoms with E-state index in [0.717, 1.165) is 30.6 Å². The number of amides is 2. The largest absolute Gasteiger partial charge is 0.351 e. The first-order valence-corrected chi connectivity index (χ1v) is 12.3. The fourth-order valence-corrected chi connectivity index (χ4v) is 5.50. The summed E-state index contributed by atoms with van der Waals surface area (Å²) in [6, 6.07) is 12.2. The van der Waals surface area contributed by atoms with Gasteiger partial charge in [-0.1, -0.05) is 43.5 Å². The number of halogens is 1. The Kier molecular flexibility index (Phi) is 5.78. The number of carbonyl (C=O) groups excluding carboxylic acids is 2. The molecule has 2 aromatic heterocycles. The van der Waals surface area contributed by atoms with Crippen molar-refractivity contribution in [3.8, 4) is 10.6 Å². The Labute approximate surface area is 196 Å². The molecule has 1 aliphatic carbocycles. The van der Waals surface area contributed by atoms with Gasteiger partial charge in [0.15, 0.2) is 0 Å². The maximum Gasteiger partial charge on any atom is 0.273 e. The van der Waals surface area contributed by atoms with Gasteiger partial charge in [-0.05, 0) is 43.3 Å². The van der Waals surface area contributed by atoms with E-state index >= 15 is 0 Å². The number of aromatic nitrogens is 2. The Morgan fingerprint density at radius 3 is 2.73 bits per heavy atom. The zero-order valence-corrected chi connectivity index (χ0v) is 19.4. The summed E-state index contributed by atoms with van der Waals surface area (Å²) in [6.45, 7) is 1.99. The fourth-order valence-electron chi connectivity index (χ4n) is 4.82. The van der Waals surface area contributed by atoms with Crippen molar-refractivity contribution >= 4 is 23.2 Å². The van der Waals surface area contributed by atoms with Gasteiger partial charge in [-0.3, -0.25) is 14.3 Å². The van der Waals surface area contributed by atoms with Gasteiger partial charge in [0.05, 0.1) is 18.0 Å². The zero-order valence-electron chi connectivity index (χ0n) is 18.6. The third-order valence-corrected chi connectivity index (χ3v) is 7.68. The maximum atomic E-state index is 14.5. The van der Waals surface area contributed by atoms with Gasteiger partial charge in [0.1, 0.15) is 22.7 Å². The van der Waals surface area contributed by atoms with Crippen molar-refractivity contribution in [2.75, 3.05) is 0 Å². The molecule has 0 bridgehead atoms. The number of thiophene rings is 1. The summed E-state index contributed by atoms with van der Waals surface area (Å²) >= 11 is 1.55. The molecule has 1 unspecified atom stereocenters. The molecule has 6 nitrogen and oxygen atoms in total.